The van der Waals surface area contributed by atoms with Crippen molar-refractivity contribution in [3.05, 3.63) is 0 Å². The molecule has 2 atom stereocenters. The number of hydrogen-bond acceptors (Lipinski definition) is 3. The largest absolute Gasteiger partial charge is 0.304 e. The fourth-order valence-electron chi connectivity index (χ4n) is 2.10. The fraction of sp³-hybridized carbons (Fsp3) is 0.929. The van der Waals surface area contributed by atoms with Crippen molar-refractivity contribution in [2.75, 3.05) is 13.6 Å². The SMILES string of the molecule is CCCC(C)N(C)CCC(C)(C#N)NC1CC1. The van der Waals surface area contributed by atoms with Gasteiger partial charge in [0.05, 0.1) is 6.07 Å². The molecular formula is C14H27N3. The number of nitrogens with zero attached hydrogens (tertiary/aromatic N) is 2. The van der Waals surface area contributed by atoms with Crippen LogP contribution in [0.25, 0.3) is 0 Å². The third-order valence-corrected chi connectivity index (χ3v) is 3.77. The zero-order chi connectivity index (χ0) is 12.9. The predicted molar refractivity (Wildman–Crippen MR) is 71.8 cm³/mol. The lowest BCUT2D eigenvalue weighted by molar-refractivity contribution is 0.221. The molecular weight excluding hydrogens is 210 g/mol. The van der Waals surface area contributed by atoms with Gasteiger partial charge in [-0.2, -0.15) is 5.26 Å². The lowest BCUT2D eigenvalue weighted by atomic mass is 9.99. The highest BCUT2D eigenvalue weighted by Crippen LogP contribution is 2.24. The topological polar surface area (TPSA) is 39.1 Å². The molecule has 1 aliphatic rings. The van der Waals surface area contributed by atoms with E-state index in [4.69, 9.17) is 0 Å². The summed E-state index contributed by atoms with van der Waals surface area (Å²) in [6, 6.07) is 3.65. The highest BCUT2D eigenvalue weighted by atomic mass is 15.1. The van der Waals surface area contributed by atoms with Crippen LogP contribution in [0.5, 0.6) is 0 Å². The molecule has 3 heteroatoms. The minimum absolute atomic E-state index is 0.346. The van der Waals surface area contributed by atoms with Gasteiger partial charge in [-0.1, -0.05) is 13.3 Å². The maximum Gasteiger partial charge on any atom is 0.105 e. The van der Waals surface area contributed by atoms with E-state index in [0.717, 1.165) is 13.0 Å². The zero-order valence-electron chi connectivity index (χ0n) is 11.8. The Morgan fingerprint density at radius 1 is 1.53 bits per heavy atom. The summed E-state index contributed by atoms with van der Waals surface area (Å²) in [5.41, 5.74) is -0.346. The first kappa shape index (κ1) is 14.5. The van der Waals surface area contributed by atoms with E-state index in [2.05, 4.69) is 37.2 Å². The van der Waals surface area contributed by atoms with Crippen LogP contribution in [-0.4, -0.2) is 36.1 Å². The van der Waals surface area contributed by atoms with Gasteiger partial charge in [0.25, 0.3) is 0 Å². The maximum absolute atomic E-state index is 9.29. The molecule has 0 aromatic carbocycles. The molecule has 1 aliphatic carbocycles. The summed E-state index contributed by atoms with van der Waals surface area (Å²) in [4.78, 5) is 2.37. The van der Waals surface area contributed by atoms with E-state index in [-0.39, 0.29) is 5.54 Å². The summed E-state index contributed by atoms with van der Waals surface area (Å²) < 4.78 is 0. The van der Waals surface area contributed by atoms with Crippen molar-refractivity contribution in [1.82, 2.24) is 10.2 Å². The van der Waals surface area contributed by atoms with Gasteiger partial charge >= 0.3 is 0 Å². The van der Waals surface area contributed by atoms with E-state index in [9.17, 15) is 5.26 Å². The molecule has 1 saturated carbocycles. The Balaban J connectivity index is 2.33. The number of nitriles is 1. The van der Waals surface area contributed by atoms with Crippen LogP contribution in [0.15, 0.2) is 0 Å². The molecule has 0 radical (unpaired) electrons. The summed E-state index contributed by atoms with van der Waals surface area (Å²) in [5.74, 6) is 0. The van der Waals surface area contributed by atoms with Crippen LogP contribution in [-0.2, 0) is 0 Å². The van der Waals surface area contributed by atoms with E-state index >= 15 is 0 Å². The molecule has 1 fully saturated rings. The van der Waals surface area contributed by atoms with Crippen LogP contribution in [0.1, 0.15) is 52.9 Å². The molecule has 0 aliphatic heterocycles. The Kier molecular flexibility index (Phi) is 5.42. The standard InChI is InChI=1S/C14H27N3/c1-5-6-12(2)17(4)10-9-14(3,11-15)16-13-7-8-13/h12-13,16H,5-10H2,1-4H3. The van der Waals surface area contributed by atoms with Crippen LogP contribution in [0, 0.1) is 11.3 Å². The molecule has 1 rings (SSSR count). The van der Waals surface area contributed by atoms with Crippen molar-refractivity contribution in [1.29, 1.82) is 5.26 Å². The van der Waals surface area contributed by atoms with Crippen molar-refractivity contribution >= 4 is 0 Å². The van der Waals surface area contributed by atoms with Crippen LogP contribution in [0.2, 0.25) is 0 Å². The molecule has 1 N–H and O–H groups in total. The van der Waals surface area contributed by atoms with Crippen LogP contribution in [0.3, 0.4) is 0 Å². The smallest absolute Gasteiger partial charge is 0.105 e. The van der Waals surface area contributed by atoms with Gasteiger partial charge in [0.2, 0.25) is 0 Å². The fourth-order valence-corrected chi connectivity index (χ4v) is 2.10. The summed E-state index contributed by atoms with van der Waals surface area (Å²) in [6.45, 7) is 7.51. The lowest BCUT2D eigenvalue weighted by Crippen LogP contribution is -2.45. The third kappa shape index (κ3) is 5.06. The Bertz CT molecular complexity index is 267. The Morgan fingerprint density at radius 2 is 2.18 bits per heavy atom. The molecule has 0 bridgehead atoms. The Hall–Kier alpha value is -0.590. The summed E-state index contributed by atoms with van der Waals surface area (Å²) >= 11 is 0. The van der Waals surface area contributed by atoms with Gasteiger partial charge in [0.15, 0.2) is 0 Å². The summed E-state index contributed by atoms with van der Waals surface area (Å²) in [6.07, 6.45) is 5.83. The average molecular weight is 237 g/mol. The highest BCUT2D eigenvalue weighted by molar-refractivity contribution is 5.07. The molecule has 0 saturated heterocycles. The van der Waals surface area contributed by atoms with Gasteiger partial charge < -0.3 is 4.90 Å². The highest BCUT2D eigenvalue weighted by Gasteiger charge is 2.32. The Morgan fingerprint density at radius 3 is 2.65 bits per heavy atom. The number of rotatable bonds is 8. The van der Waals surface area contributed by atoms with E-state index in [0.29, 0.717) is 12.1 Å². The van der Waals surface area contributed by atoms with Crippen molar-refractivity contribution in [3.63, 3.8) is 0 Å². The van der Waals surface area contributed by atoms with Gasteiger partial charge in [0, 0.05) is 18.6 Å². The molecule has 0 heterocycles. The van der Waals surface area contributed by atoms with Gasteiger partial charge in [0.1, 0.15) is 5.54 Å². The summed E-state index contributed by atoms with van der Waals surface area (Å²) in [7, 11) is 2.16. The second-order valence-electron chi connectivity index (χ2n) is 5.73. The molecule has 2 unspecified atom stereocenters. The number of nitrogens with one attached hydrogen (secondary N) is 1. The number of hydrogen-bond donors (Lipinski definition) is 1. The lowest BCUT2D eigenvalue weighted by Gasteiger charge is -2.29. The predicted octanol–water partition coefficient (Wildman–Crippen LogP) is 2.53. The van der Waals surface area contributed by atoms with E-state index < -0.39 is 0 Å². The molecule has 0 spiro atoms. The zero-order valence-corrected chi connectivity index (χ0v) is 11.8. The van der Waals surface area contributed by atoms with Crippen molar-refractivity contribution in [2.24, 2.45) is 0 Å². The summed E-state index contributed by atoms with van der Waals surface area (Å²) in [5, 5.41) is 12.7. The van der Waals surface area contributed by atoms with Crippen LogP contribution >= 0.6 is 0 Å². The minimum Gasteiger partial charge on any atom is -0.304 e. The van der Waals surface area contributed by atoms with E-state index in [1.807, 2.05) is 6.92 Å². The second-order valence-corrected chi connectivity index (χ2v) is 5.73. The molecule has 0 aromatic rings. The first-order valence-corrected chi connectivity index (χ1v) is 6.90. The van der Waals surface area contributed by atoms with Gasteiger partial charge in [-0.05, 0) is 46.6 Å². The minimum atomic E-state index is -0.346. The van der Waals surface area contributed by atoms with Crippen molar-refractivity contribution in [3.8, 4) is 6.07 Å². The molecule has 98 valence electrons. The first-order chi connectivity index (χ1) is 8.00. The quantitative estimate of drug-likeness (QED) is 0.705. The van der Waals surface area contributed by atoms with Gasteiger partial charge in [-0.3, -0.25) is 5.32 Å². The molecule has 3 nitrogen and oxygen atoms in total. The van der Waals surface area contributed by atoms with Crippen molar-refractivity contribution in [2.45, 2.75) is 70.5 Å². The van der Waals surface area contributed by atoms with Crippen molar-refractivity contribution < 1.29 is 0 Å². The monoisotopic (exact) mass is 237 g/mol. The average Bonchev–Trinajstić information content (AvgIpc) is 3.10. The van der Waals surface area contributed by atoms with Crippen LogP contribution in [0.4, 0.5) is 0 Å². The van der Waals surface area contributed by atoms with Crippen LogP contribution < -0.4 is 5.32 Å². The molecule has 0 aromatic heterocycles. The Labute approximate surface area is 106 Å². The van der Waals surface area contributed by atoms with E-state index in [1.54, 1.807) is 0 Å². The van der Waals surface area contributed by atoms with Gasteiger partial charge in [-0.15, -0.1) is 0 Å². The maximum atomic E-state index is 9.29. The second kappa shape index (κ2) is 6.37. The normalized spacial score (nSPS) is 20.9. The third-order valence-electron chi connectivity index (χ3n) is 3.77. The molecule has 0 amide bonds. The van der Waals surface area contributed by atoms with Gasteiger partial charge in [-0.25, -0.2) is 0 Å². The molecule has 17 heavy (non-hydrogen) atoms. The van der Waals surface area contributed by atoms with E-state index in [1.165, 1.54) is 25.7 Å². The first-order valence-electron chi connectivity index (χ1n) is 6.90.